The van der Waals surface area contributed by atoms with Gasteiger partial charge in [0.25, 0.3) is 5.91 Å². The van der Waals surface area contributed by atoms with Crippen molar-refractivity contribution < 1.29 is 13.6 Å². The van der Waals surface area contributed by atoms with Crippen LogP contribution >= 0.6 is 0 Å². The molecule has 26 heavy (non-hydrogen) atoms. The Morgan fingerprint density at radius 1 is 1.12 bits per heavy atom. The molecule has 0 saturated heterocycles. The van der Waals surface area contributed by atoms with Gasteiger partial charge in [0, 0.05) is 12.1 Å². The van der Waals surface area contributed by atoms with E-state index in [0.29, 0.717) is 34.9 Å². The summed E-state index contributed by atoms with van der Waals surface area (Å²) in [5.41, 5.74) is 1.40. The van der Waals surface area contributed by atoms with Crippen LogP contribution in [0.5, 0.6) is 0 Å². The Bertz CT molecular complexity index is 902. The molecule has 0 spiro atoms. The molecule has 1 amide bonds. The lowest BCUT2D eigenvalue weighted by molar-refractivity contribution is 0.0952. The van der Waals surface area contributed by atoms with Crippen LogP contribution in [0.3, 0.4) is 0 Å². The number of hydrogen-bond acceptors (Lipinski definition) is 3. The molecule has 0 radical (unpaired) electrons. The highest BCUT2D eigenvalue weighted by atomic mass is 19.1. The molecule has 0 aliphatic rings. The van der Waals surface area contributed by atoms with E-state index in [-0.39, 0.29) is 17.6 Å². The number of aromatic nitrogens is 1. The number of amides is 1. The van der Waals surface area contributed by atoms with Gasteiger partial charge in [0.2, 0.25) is 5.89 Å². The molecule has 0 bridgehead atoms. The van der Waals surface area contributed by atoms with E-state index in [1.54, 1.807) is 36.4 Å². The van der Waals surface area contributed by atoms with E-state index >= 15 is 0 Å². The lowest BCUT2D eigenvalue weighted by Gasteiger charge is -2.09. The summed E-state index contributed by atoms with van der Waals surface area (Å²) in [5, 5.41) is 2.92. The molecule has 0 aliphatic heterocycles. The number of nitrogens with one attached hydrogen (secondary N) is 1. The van der Waals surface area contributed by atoms with Gasteiger partial charge in [-0.2, -0.15) is 0 Å². The number of rotatable bonds is 6. The number of nitrogens with zero attached hydrogens (tertiary/aromatic N) is 1. The van der Waals surface area contributed by atoms with Gasteiger partial charge in [-0.25, -0.2) is 9.37 Å². The van der Waals surface area contributed by atoms with Crippen LogP contribution in [0.2, 0.25) is 0 Å². The molecular weight excluding hydrogens is 331 g/mol. The summed E-state index contributed by atoms with van der Waals surface area (Å²) in [7, 11) is 0. The summed E-state index contributed by atoms with van der Waals surface area (Å²) < 4.78 is 19.7. The lowest BCUT2D eigenvalue weighted by Crippen LogP contribution is -2.25. The van der Waals surface area contributed by atoms with Gasteiger partial charge in [0.05, 0.1) is 17.3 Å². The Morgan fingerprint density at radius 3 is 2.54 bits per heavy atom. The largest absolute Gasteiger partial charge is 0.436 e. The number of hydrogen-bond donors (Lipinski definition) is 1. The minimum absolute atomic E-state index is 0.174. The molecule has 3 aromatic rings. The van der Waals surface area contributed by atoms with Crippen LogP contribution in [-0.4, -0.2) is 17.4 Å². The van der Waals surface area contributed by atoms with Gasteiger partial charge >= 0.3 is 0 Å². The normalized spacial score (nSPS) is 10.9. The average molecular weight is 352 g/mol. The predicted molar refractivity (Wildman–Crippen MR) is 99.1 cm³/mol. The summed E-state index contributed by atoms with van der Waals surface area (Å²) in [6.45, 7) is 4.82. The quantitative estimate of drug-likeness (QED) is 0.685. The highest BCUT2D eigenvalue weighted by Gasteiger charge is 2.17. The fourth-order valence-corrected chi connectivity index (χ4v) is 2.62. The van der Waals surface area contributed by atoms with Crippen LogP contribution in [0.4, 0.5) is 4.39 Å². The minimum Gasteiger partial charge on any atom is -0.436 e. The summed E-state index contributed by atoms with van der Waals surface area (Å²) in [5.74, 6) is 0.577. The van der Waals surface area contributed by atoms with Crippen LogP contribution in [-0.2, 0) is 0 Å². The Kier molecular flexibility index (Phi) is 5.46. The van der Waals surface area contributed by atoms with Gasteiger partial charge in [-0.05, 0) is 36.6 Å². The Labute approximate surface area is 152 Å². The maximum Gasteiger partial charge on any atom is 0.252 e. The van der Waals surface area contributed by atoms with E-state index in [2.05, 4.69) is 24.1 Å². The Balaban J connectivity index is 1.87. The smallest absolute Gasteiger partial charge is 0.252 e. The van der Waals surface area contributed by atoms with Gasteiger partial charge in [-0.3, -0.25) is 4.79 Å². The van der Waals surface area contributed by atoms with E-state index in [1.807, 2.05) is 6.07 Å². The molecule has 5 heteroatoms. The molecule has 1 N–H and O–H groups in total. The number of carbonyl (C=O) groups excluding carboxylic acids is 1. The van der Waals surface area contributed by atoms with E-state index in [4.69, 9.17) is 4.42 Å². The maximum atomic E-state index is 13.9. The molecule has 1 heterocycles. The number of carbonyl (C=O) groups is 1. The average Bonchev–Trinajstić information content (AvgIpc) is 3.11. The van der Waals surface area contributed by atoms with E-state index in [0.717, 1.165) is 6.42 Å². The number of benzene rings is 2. The molecule has 1 aromatic heterocycles. The molecule has 134 valence electrons. The van der Waals surface area contributed by atoms with Crippen molar-refractivity contribution in [2.45, 2.75) is 20.3 Å². The zero-order chi connectivity index (χ0) is 18.5. The van der Waals surface area contributed by atoms with E-state index < -0.39 is 0 Å². The molecule has 0 atom stereocenters. The van der Waals surface area contributed by atoms with Gasteiger partial charge in [0.15, 0.2) is 5.76 Å². The molecule has 0 fully saturated rings. The summed E-state index contributed by atoms with van der Waals surface area (Å²) in [6, 6.07) is 13.5. The summed E-state index contributed by atoms with van der Waals surface area (Å²) in [6.07, 6.45) is 2.38. The van der Waals surface area contributed by atoms with E-state index in [9.17, 15) is 9.18 Å². The molecule has 0 unspecified atom stereocenters. The van der Waals surface area contributed by atoms with Crippen molar-refractivity contribution in [2.24, 2.45) is 5.92 Å². The fraction of sp³-hybridized carbons (Fsp3) is 0.238. The van der Waals surface area contributed by atoms with Gasteiger partial charge in [0.1, 0.15) is 5.82 Å². The highest BCUT2D eigenvalue weighted by Crippen LogP contribution is 2.29. The van der Waals surface area contributed by atoms with E-state index in [1.165, 1.54) is 12.3 Å². The number of oxazole rings is 1. The second-order valence-electron chi connectivity index (χ2n) is 6.49. The topological polar surface area (TPSA) is 55.1 Å². The predicted octanol–water partition coefficient (Wildman–Crippen LogP) is 4.92. The van der Waals surface area contributed by atoms with Crippen LogP contribution in [0, 0.1) is 11.7 Å². The monoisotopic (exact) mass is 352 g/mol. The molecule has 0 saturated carbocycles. The summed E-state index contributed by atoms with van der Waals surface area (Å²) >= 11 is 0. The first kappa shape index (κ1) is 17.9. The van der Waals surface area contributed by atoms with Crippen molar-refractivity contribution >= 4 is 5.91 Å². The van der Waals surface area contributed by atoms with Crippen molar-refractivity contribution in [3.8, 4) is 22.8 Å². The first-order valence-electron chi connectivity index (χ1n) is 8.64. The second kappa shape index (κ2) is 7.95. The van der Waals surface area contributed by atoms with Crippen LogP contribution in [0.25, 0.3) is 22.8 Å². The zero-order valence-corrected chi connectivity index (χ0v) is 14.8. The third kappa shape index (κ3) is 3.99. The van der Waals surface area contributed by atoms with Crippen molar-refractivity contribution in [3.05, 3.63) is 66.1 Å². The maximum absolute atomic E-state index is 13.9. The van der Waals surface area contributed by atoms with Crippen molar-refractivity contribution in [2.75, 3.05) is 6.54 Å². The summed E-state index contributed by atoms with van der Waals surface area (Å²) in [4.78, 5) is 16.8. The molecule has 2 aromatic carbocycles. The zero-order valence-electron chi connectivity index (χ0n) is 14.8. The minimum atomic E-state index is -0.380. The first-order chi connectivity index (χ1) is 12.6. The SMILES string of the molecule is CC(C)CCNC(=O)c1ccccc1-c1ncc(-c2ccccc2F)o1. The lowest BCUT2D eigenvalue weighted by atomic mass is 10.1. The number of halogens is 1. The molecule has 3 rings (SSSR count). The van der Waals surface area contributed by atoms with Crippen LogP contribution in [0.15, 0.2) is 59.1 Å². The van der Waals surface area contributed by atoms with Crippen LogP contribution < -0.4 is 5.32 Å². The van der Waals surface area contributed by atoms with Gasteiger partial charge in [-0.15, -0.1) is 0 Å². The second-order valence-corrected chi connectivity index (χ2v) is 6.49. The standard InChI is InChI=1S/C21H21FN2O2/c1-14(2)11-12-23-20(25)15-7-3-4-8-16(15)21-24-13-19(26-21)17-9-5-6-10-18(17)22/h3-10,13-14H,11-12H2,1-2H3,(H,23,25). The van der Waals surface area contributed by atoms with Crippen molar-refractivity contribution in [3.63, 3.8) is 0 Å². The Morgan fingerprint density at radius 2 is 1.81 bits per heavy atom. The van der Waals surface area contributed by atoms with Crippen LogP contribution in [0.1, 0.15) is 30.6 Å². The fourth-order valence-electron chi connectivity index (χ4n) is 2.62. The molecule has 4 nitrogen and oxygen atoms in total. The van der Waals surface area contributed by atoms with Gasteiger partial charge < -0.3 is 9.73 Å². The molecule has 0 aliphatic carbocycles. The van der Waals surface area contributed by atoms with Crippen molar-refractivity contribution in [1.82, 2.24) is 10.3 Å². The van der Waals surface area contributed by atoms with Crippen molar-refractivity contribution in [1.29, 1.82) is 0 Å². The highest BCUT2D eigenvalue weighted by molar-refractivity contribution is 6.00. The van der Waals surface area contributed by atoms with Gasteiger partial charge in [-0.1, -0.05) is 38.1 Å². The Hall–Kier alpha value is -2.95. The third-order valence-electron chi connectivity index (χ3n) is 4.05. The third-order valence-corrected chi connectivity index (χ3v) is 4.05. The molecular formula is C21H21FN2O2. The first-order valence-corrected chi connectivity index (χ1v) is 8.64.